The van der Waals surface area contributed by atoms with Crippen LogP contribution in [0.3, 0.4) is 0 Å². The molecule has 0 amide bonds. The van der Waals surface area contributed by atoms with Crippen molar-refractivity contribution in [1.82, 2.24) is 5.32 Å². The van der Waals surface area contributed by atoms with Crippen LogP contribution in [0, 0.1) is 0 Å². The smallest absolute Gasteiger partial charge is 0.142 e. The Hall–Kier alpha value is -2.39. The first-order valence-electron chi connectivity index (χ1n) is 14.0. The molecule has 2 unspecified atom stereocenters. The molecule has 3 aliphatic rings. The normalized spacial score (nSPS) is 27.4. The summed E-state index contributed by atoms with van der Waals surface area (Å²) in [4.78, 5) is 2.35. The maximum atomic E-state index is 13.4. The van der Waals surface area contributed by atoms with Crippen molar-refractivity contribution < 1.29 is 28.4 Å². The van der Waals surface area contributed by atoms with E-state index in [9.17, 15) is 9.50 Å². The quantitative estimate of drug-likeness (QED) is 0.448. The third kappa shape index (κ3) is 6.78. The maximum Gasteiger partial charge on any atom is 0.142 e. The number of hydrogen-bond acceptors (Lipinski definition) is 7. The molecule has 208 valence electrons. The topological polar surface area (TPSA) is 72.4 Å². The highest BCUT2D eigenvalue weighted by Gasteiger charge is 2.34. The Kier molecular flexibility index (Phi) is 9.38. The van der Waals surface area contributed by atoms with E-state index >= 15 is 0 Å². The van der Waals surface area contributed by atoms with Crippen molar-refractivity contribution in [1.29, 1.82) is 0 Å². The minimum Gasteiger partial charge on any atom is -0.490 e. The van der Waals surface area contributed by atoms with Crippen molar-refractivity contribution in [2.24, 2.45) is 0 Å². The first-order chi connectivity index (χ1) is 18.6. The molecule has 1 aliphatic carbocycles. The maximum absolute atomic E-state index is 13.4. The summed E-state index contributed by atoms with van der Waals surface area (Å²) in [5.41, 5.74) is 3.21. The third-order valence-electron chi connectivity index (χ3n) is 7.91. The number of nitrogens with zero attached hydrogens (tertiary/aromatic N) is 1. The highest BCUT2D eigenvalue weighted by molar-refractivity contribution is 5.61. The van der Waals surface area contributed by atoms with Gasteiger partial charge in [-0.1, -0.05) is 18.2 Å². The van der Waals surface area contributed by atoms with E-state index in [2.05, 4.69) is 22.3 Å². The second kappa shape index (κ2) is 13.1. The molecule has 38 heavy (non-hydrogen) atoms. The number of anilines is 1. The predicted octanol–water partition coefficient (Wildman–Crippen LogP) is 4.21. The zero-order valence-corrected chi connectivity index (χ0v) is 22.3. The standard InChI is InChI=1S/C30H41FN2O5/c1-35-15-2-13-33-14-16-36-28-12-3-21(17-26(28)33)20-37-29-19-32-18-27(34)30(29)22-4-8-24(9-5-22)38-25-10-6-23(31)7-11-25/h3-5,8-9,12,17,23,25,27,29-30,32,34H,2,6-7,10-11,13-16,18-20H2,1H3/t23?,25?,27?,29?,30-/m0/s1. The monoisotopic (exact) mass is 528 g/mol. The van der Waals surface area contributed by atoms with Crippen LogP contribution in [0.5, 0.6) is 11.5 Å². The highest BCUT2D eigenvalue weighted by Crippen LogP contribution is 2.34. The fourth-order valence-corrected chi connectivity index (χ4v) is 5.82. The molecule has 2 aliphatic heterocycles. The summed E-state index contributed by atoms with van der Waals surface area (Å²) in [7, 11) is 1.73. The number of β-amino-alcohol motifs (C(OH)–C–C–N with tert-alkyl or cyclic N) is 1. The summed E-state index contributed by atoms with van der Waals surface area (Å²) in [5, 5.41) is 14.2. The molecule has 2 heterocycles. The Morgan fingerprint density at radius 2 is 1.89 bits per heavy atom. The number of halogens is 1. The van der Waals surface area contributed by atoms with Crippen molar-refractivity contribution in [3.05, 3.63) is 53.6 Å². The molecule has 2 aromatic carbocycles. The summed E-state index contributed by atoms with van der Waals surface area (Å²) in [5.74, 6) is 1.56. The van der Waals surface area contributed by atoms with E-state index in [1.807, 2.05) is 30.3 Å². The van der Waals surface area contributed by atoms with Gasteiger partial charge in [0.1, 0.15) is 24.3 Å². The van der Waals surface area contributed by atoms with Gasteiger partial charge in [0.2, 0.25) is 0 Å². The number of piperidine rings is 1. The van der Waals surface area contributed by atoms with Gasteiger partial charge >= 0.3 is 0 Å². The van der Waals surface area contributed by atoms with E-state index in [0.717, 1.165) is 67.3 Å². The lowest BCUT2D eigenvalue weighted by Gasteiger charge is -2.36. The number of fused-ring (bicyclic) bond motifs is 1. The van der Waals surface area contributed by atoms with Crippen molar-refractivity contribution in [3.8, 4) is 11.5 Å². The number of aliphatic hydroxyl groups is 1. The Morgan fingerprint density at radius 3 is 2.68 bits per heavy atom. The van der Waals surface area contributed by atoms with Crippen molar-refractivity contribution in [2.75, 3.05) is 51.4 Å². The van der Waals surface area contributed by atoms with E-state index in [1.165, 1.54) is 0 Å². The van der Waals surface area contributed by atoms with Crippen LogP contribution in [0.2, 0.25) is 0 Å². The van der Waals surface area contributed by atoms with Crippen LogP contribution in [0.25, 0.3) is 0 Å². The molecule has 8 heteroatoms. The summed E-state index contributed by atoms with van der Waals surface area (Å²) in [6, 6.07) is 14.2. The van der Waals surface area contributed by atoms with Crippen LogP contribution < -0.4 is 19.7 Å². The molecular formula is C30H41FN2O5. The van der Waals surface area contributed by atoms with Crippen molar-refractivity contribution in [3.63, 3.8) is 0 Å². The summed E-state index contributed by atoms with van der Waals surface area (Å²) >= 11 is 0. The fourth-order valence-electron chi connectivity index (χ4n) is 5.82. The first-order valence-corrected chi connectivity index (χ1v) is 14.0. The molecule has 2 aromatic rings. The molecule has 0 radical (unpaired) electrons. The molecule has 1 saturated heterocycles. The van der Waals surface area contributed by atoms with Crippen LogP contribution in [-0.2, 0) is 16.1 Å². The second-order valence-corrected chi connectivity index (χ2v) is 10.6. The highest BCUT2D eigenvalue weighted by atomic mass is 19.1. The zero-order chi connectivity index (χ0) is 26.3. The van der Waals surface area contributed by atoms with Gasteiger partial charge in [-0.3, -0.25) is 0 Å². The molecule has 2 fully saturated rings. The molecule has 3 atom stereocenters. The lowest BCUT2D eigenvalue weighted by molar-refractivity contribution is -0.0328. The van der Waals surface area contributed by atoms with Crippen LogP contribution in [-0.4, -0.2) is 76.1 Å². The zero-order valence-electron chi connectivity index (χ0n) is 22.3. The van der Waals surface area contributed by atoms with Crippen molar-refractivity contribution in [2.45, 2.75) is 69.1 Å². The van der Waals surface area contributed by atoms with E-state index in [1.54, 1.807) is 7.11 Å². The predicted molar refractivity (Wildman–Crippen MR) is 145 cm³/mol. The second-order valence-electron chi connectivity index (χ2n) is 10.6. The SMILES string of the molecule is COCCCN1CCOc2ccc(COC3CNCC(O)[C@@H]3c3ccc(OC4CCC(F)CC4)cc3)cc21. The van der Waals surface area contributed by atoms with Gasteiger partial charge in [0.05, 0.1) is 37.2 Å². The molecule has 0 aromatic heterocycles. The summed E-state index contributed by atoms with van der Waals surface area (Å²) in [6.07, 6.45) is 2.29. The van der Waals surface area contributed by atoms with Crippen molar-refractivity contribution >= 4 is 5.69 Å². The molecular weight excluding hydrogens is 487 g/mol. The van der Waals surface area contributed by atoms with Crippen LogP contribution >= 0.6 is 0 Å². The summed E-state index contributed by atoms with van der Waals surface area (Å²) in [6.45, 7) is 4.86. The van der Waals surface area contributed by atoms with E-state index < -0.39 is 12.3 Å². The average molecular weight is 529 g/mol. The Morgan fingerprint density at radius 1 is 1.08 bits per heavy atom. The van der Waals surface area contributed by atoms with Gasteiger partial charge in [-0.2, -0.15) is 0 Å². The Balaban J connectivity index is 1.22. The Labute approximate surface area is 225 Å². The number of nitrogens with one attached hydrogen (secondary N) is 1. The molecule has 5 rings (SSSR count). The summed E-state index contributed by atoms with van der Waals surface area (Å²) < 4.78 is 37.1. The third-order valence-corrected chi connectivity index (χ3v) is 7.91. The average Bonchev–Trinajstić information content (AvgIpc) is 2.94. The lowest BCUT2D eigenvalue weighted by atomic mass is 9.85. The van der Waals surface area contributed by atoms with Crippen LogP contribution in [0.15, 0.2) is 42.5 Å². The van der Waals surface area contributed by atoms with Gasteiger partial charge in [-0.25, -0.2) is 4.39 Å². The van der Waals surface area contributed by atoms with Gasteiger partial charge in [0.15, 0.2) is 0 Å². The number of ether oxygens (including phenoxy) is 4. The molecule has 2 N–H and O–H groups in total. The molecule has 1 saturated carbocycles. The minimum atomic E-state index is -0.690. The van der Waals surface area contributed by atoms with E-state index in [-0.39, 0.29) is 18.1 Å². The van der Waals surface area contributed by atoms with Gasteiger partial charge in [-0.15, -0.1) is 0 Å². The first kappa shape index (κ1) is 27.2. The molecule has 0 bridgehead atoms. The molecule has 7 nitrogen and oxygen atoms in total. The lowest BCUT2D eigenvalue weighted by Crippen LogP contribution is -2.49. The Bertz CT molecular complexity index is 1010. The van der Waals surface area contributed by atoms with Gasteiger partial charge < -0.3 is 34.3 Å². The number of methoxy groups -OCH3 is 1. The number of benzene rings is 2. The molecule has 0 spiro atoms. The minimum absolute atomic E-state index is 0.0753. The number of aliphatic hydroxyl groups excluding tert-OH is 1. The van der Waals surface area contributed by atoms with Crippen LogP contribution in [0.4, 0.5) is 10.1 Å². The van der Waals surface area contributed by atoms with Gasteiger partial charge in [0.25, 0.3) is 0 Å². The number of rotatable bonds is 10. The van der Waals surface area contributed by atoms with E-state index in [4.69, 9.17) is 18.9 Å². The van der Waals surface area contributed by atoms with Gasteiger partial charge in [0, 0.05) is 39.3 Å². The van der Waals surface area contributed by atoms with E-state index in [0.29, 0.717) is 39.1 Å². The fraction of sp³-hybridized carbons (Fsp3) is 0.600. The largest absolute Gasteiger partial charge is 0.490 e. The number of hydrogen-bond donors (Lipinski definition) is 2. The number of alkyl halides is 1. The van der Waals surface area contributed by atoms with Gasteiger partial charge in [-0.05, 0) is 67.5 Å². The van der Waals surface area contributed by atoms with Crippen LogP contribution in [0.1, 0.15) is 49.1 Å².